The SMILES string of the molecule is C[C@H](O)CCN(C)C(=O)C(=O)Nc1cccc(Cl)c1S(C)(=O)=O. The van der Waals surface area contributed by atoms with Crippen LogP contribution in [0.2, 0.25) is 5.02 Å². The molecule has 0 saturated carbocycles. The second-order valence-corrected chi connectivity index (χ2v) is 7.57. The number of sulfone groups is 1. The van der Waals surface area contributed by atoms with E-state index in [0.29, 0.717) is 6.42 Å². The molecule has 1 aromatic rings. The molecule has 0 saturated heterocycles. The number of nitrogens with zero attached hydrogens (tertiary/aromatic N) is 1. The molecular formula is C14H19ClN2O5S. The summed E-state index contributed by atoms with van der Waals surface area (Å²) in [5.74, 6) is -1.82. The molecule has 7 nitrogen and oxygen atoms in total. The van der Waals surface area contributed by atoms with E-state index in [1.54, 1.807) is 6.92 Å². The topological polar surface area (TPSA) is 104 Å². The molecule has 1 atom stereocenters. The zero-order valence-electron chi connectivity index (χ0n) is 13.0. The summed E-state index contributed by atoms with van der Waals surface area (Å²) < 4.78 is 23.6. The van der Waals surface area contributed by atoms with E-state index >= 15 is 0 Å². The molecule has 1 rings (SSSR count). The number of hydrogen-bond donors (Lipinski definition) is 2. The molecule has 128 valence electrons. The van der Waals surface area contributed by atoms with Gasteiger partial charge in [0.1, 0.15) is 4.90 Å². The molecule has 2 N–H and O–H groups in total. The highest BCUT2D eigenvalue weighted by Gasteiger charge is 2.23. The molecule has 0 aliphatic heterocycles. The Kier molecular flexibility index (Phi) is 6.55. The Labute approximate surface area is 140 Å². The van der Waals surface area contributed by atoms with Gasteiger partial charge in [-0.2, -0.15) is 0 Å². The summed E-state index contributed by atoms with van der Waals surface area (Å²) >= 11 is 5.87. The molecule has 0 unspecified atom stereocenters. The number of aliphatic hydroxyl groups excluding tert-OH is 1. The van der Waals surface area contributed by atoms with E-state index in [-0.39, 0.29) is 22.2 Å². The van der Waals surface area contributed by atoms with Crippen molar-refractivity contribution in [1.29, 1.82) is 0 Å². The van der Waals surface area contributed by atoms with Crippen LogP contribution in [0.25, 0.3) is 0 Å². The third kappa shape index (κ3) is 5.49. The van der Waals surface area contributed by atoms with Crippen LogP contribution < -0.4 is 5.32 Å². The van der Waals surface area contributed by atoms with Crippen LogP contribution in [-0.4, -0.2) is 56.2 Å². The highest BCUT2D eigenvalue weighted by atomic mass is 35.5. The standard InChI is InChI=1S/C14H19ClN2O5S/c1-9(18)7-8-17(2)14(20)13(19)16-11-6-4-5-10(15)12(11)23(3,21)22/h4-6,9,18H,7-8H2,1-3H3,(H,16,19)/t9-/m0/s1. The zero-order chi connectivity index (χ0) is 17.8. The average Bonchev–Trinajstić information content (AvgIpc) is 2.42. The van der Waals surface area contributed by atoms with Gasteiger partial charge in [0, 0.05) is 19.8 Å². The highest BCUT2D eigenvalue weighted by molar-refractivity contribution is 7.91. The van der Waals surface area contributed by atoms with Crippen molar-refractivity contribution < 1.29 is 23.1 Å². The van der Waals surface area contributed by atoms with Gasteiger partial charge in [-0.15, -0.1) is 0 Å². The minimum atomic E-state index is -3.68. The van der Waals surface area contributed by atoms with Crippen LogP contribution in [0.15, 0.2) is 23.1 Å². The van der Waals surface area contributed by atoms with Gasteiger partial charge in [-0.3, -0.25) is 9.59 Å². The predicted octanol–water partition coefficient (Wildman–Crippen LogP) is 0.911. The molecule has 0 aromatic heterocycles. The van der Waals surface area contributed by atoms with E-state index in [9.17, 15) is 23.1 Å². The van der Waals surface area contributed by atoms with Crippen LogP contribution in [-0.2, 0) is 19.4 Å². The third-order valence-corrected chi connectivity index (χ3v) is 4.62. The predicted molar refractivity (Wildman–Crippen MR) is 87.1 cm³/mol. The first-order chi connectivity index (χ1) is 10.5. The van der Waals surface area contributed by atoms with Gasteiger partial charge in [-0.25, -0.2) is 8.42 Å². The van der Waals surface area contributed by atoms with E-state index < -0.39 is 27.8 Å². The molecule has 0 heterocycles. The summed E-state index contributed by atoms with van der Waals surface area (Å²) in [4.78, 5) is 24.8. The van der Waals surface area contributed by atoms with Crippen molar-refractivity contribution in [3.8, 4) is 0 Å². The molecule has 0 aliphatic rings. The molecule has 0 bridgehead atoms. The lowest BCUT2D eigenvalue weighted by Gasteiger charge is -2.18. The molecule has 23 heavy (non-hydrogen) atoms. The van der Waals surface area contributed by atoms with Gasteiger partial charge in [0.25, 0.3) is 0 Å². The van der Waals surface area contributed by atoms with Crippen molar-refractivity contribution >= 4 is 38.9 Å². The lowest BCUT2D eigenvalue weighted by atomic mass is 10.2. The van der Waals surface area contributed by atoms with E-state index in [0.717, 1.165) is 11.2 Å². The molecule has 0 aliphatic carbocycles. The van der Waals surface area contributed by atoms with E-state index in [2.05, 4.69) is 5.32 Å². The fourth-order valence-electron chi connectivity index (χ4n) is 1.82. The summed E-state index contributed by atoms with van der Waals surface area (Å²) in [6.07, 6.45) is 0.680. The van der Waals surface area contributed by atoms with Crippen molar-refractivity contribution in [2.24, 2.45) is 0 Å². The molecular weight excluding hydrogens is 344 g/mol. The molecule has 2 amide bonds. The van der Waals surface area contributed by atoms with E-state index in [1.807, 2.05) is 0 Å². The number of aliphatic hydroxyl groups is 1. The van der Waals surface area contributed by atoms with Crippen LogP contribution in [0.3, 0.4) is 0 Å². The number of nitrogens with one attached hydrogen (secondary N) is 1. The highest BCUT2D eigenvalue weighted by Crippen LogP contribution is 2.29. The molecule has 0 fully saturated rings. The zero-order valence-corrected chi connectivity index (χ0v) is 14.6. The molecule has 1 aromatic carbocycles. The fraction of sp³-hybridized carbons (Fsp3) is 0.429. The number of amides is 2. The minimum Gasteiger partial charge on any atom is -0.393 e. The van der Waals surface area contributed by atoms with Gasteiger partial charge in [0.2, 0.25) is 0 Å². The number of hydrogen-bond acceptors (Lipinski definition) is 5. The van der Waals surface area contributed by atoms with Crippen molar-refractivity contribution in [3.05, 3.63) is 23.2 Å². The van der Waals surface area contributed by atoms with Gasteiger partial charge in [0.05, 0.1) is 16.8 Å². The summed E-state index contributed by atoms with van der Waals surface area (Å²) in [6, 6.07) is 4.20. The van der Waals surface area contributed by atoms with Gasteiger partial charge in [-0.05, 0) is 25.5 Å². The Bertz CT molecular complexity index is 703. The van der Waals surface area contributed by atoms with Crippen LogP contribution in [0.1, 0.15) is 13.3 Å². The Balaban J connectivity index is 2.94. The maximum atomic E-state index is 12.0. The normalized spacial score (nSPS) is 12.6. The fourth-order valence-corrected chi connectivity index (χ4v) is 3.35. The largest absolute Gasteiger partial charge is 0.393 e. The van der Waals surface area contributed by atoms with Crippen LogP contribution in [0.4, 0.5) is 5.69 Å². The van der Waals surface area contributed by atoms with E-state index in [1.165, 1.54) is 25.2 Å². The number of anilines is 1. The number of carbonyl (C=O) groups is 2. The number of rotatable bonds is 5. The lowest BCUT2D eigenvalue weighted by molar-refractivity contribution is -0.142. The second kappa shape index (κ2) is 7.76. The van der Waals surface area contributed by atoms with Gasteiger partial charge in [-0.1, -0.05) is 17.7 Å². The second-order valence-electron chi connectivity index (χ2n) is 5.21. The quantitative estimate of drug-likeness (QED) is 0.758. The smallest absolute Gasteiger partial charge is 0.313 e. The first-order valence-electron chi connectivity index (χ1n) is 6.77. The number of halogens is 1. The van der Waals surface area contributed by atoms with Gasteiger partial charge >= 0.3 is 11.8 Å². The Morgan fingerprint density at radius 3 is 2.52 bits per heavy atom. The summed E-state index contributed by atoms with van der Waals surface area (Å²) in [7, 11) is -2.27. The first-order valence-corrected chi connectivity index (χ1v) is 9.04. The molecule has 0 radical (unpaired) electrons. The van der Waals surface area contributed by atoms with Crippen LogP contribution >= 0.6 is 11.6 Å². The molecule has 0 spiro atoms. The van der Waals surface area contributed by atoms with Crippen molar-refractivity contribution in [2.45, 2.75) is 24.3 Å². The summed E-state index contributed by atoms with van der Waals surface area (Å²) in [6.45, 7) is 1.77. The summed E-state index contributed by atoms with van der Waals surface area (Å²) in [5.41, 5.74) is -0.0534. The van der Waals surface area contributed by atoms with Crippen molar-refractivity contribution in [2.75, 3.05) is 25.2 Å². The van der Waals surface area contributed by atoms with Gasteiger partial charge in [0.15, 0.2) is 9.84 Å². The third-order valence-electron chi connectivity index (χ3n) is 3.01. The van der Waals surface area contributed by atoms with Crippen LogP contribution in [0.5, 0.6) is 0 Å². The van der Waals surface area contributed by atoms with Gasteiger partial charge < -0.3 is 15.3 Å². The van der Waals surface area contributed by atoms with Crippen molar-refractivity contribution in [1.82, 2.24) is 4.90 Å². The Hall–Kier alpha value is -1.64. The molecule has 9 heteroatoms. The Morgan fingerprint density at radius 2 is 2.00 bits per heavy atom. The average molecular weight is 363 g/mol. The Morgan fingerprint density at radius 1 is 1.39 bits per heavy atom. The first kappa shape index (κ1) is 19.4. The monoisotopic (exact) mass is 362 g/mol. The van der Waals surface area contributed by atoms with Crippen molar-refractivity contribution in [3.63, 3.8) is 0 Å². The maximum absolute atomic E-state index is 12.0. The number of likely N-dealkylation sites (N-methyl/N-ethyl adjacent to an activating group) is 1. The van der Waals surface area contributed by atoms with Crippen LogP contribution in [0, 0.1) is 0 Å². The van der Waals surface area contributed by atoms with E-state index in [4.69, 9.17) is 11.6 Å². The lowest BCUT2D eigenvalue weighted by Crippen LogP contribution is -2.38. The number of benzene rings is 1. The number of carbonyl (C=O) groups excluding carboxylic acids is 2. The minimum absolute atomic E-state index is 0.0415. The maximum Gasteiger partial charge on any atom is 0.313 e. The summed E-state index contributed by atoms with van der Waals surface area (Å²) in [5, 5.41) is 11.4.